The Morgan fingerprint density at radius 1 is 0.771 bits per heavy atom. The molecule has 35 heavy (non-hydrogen) atoms. The van der Waals surface area contributed by atoms with Crippen molar-refractivity contribution in [1.29, 1.82) is 0 Å². The van der Waals surface area contributed by atoms with E-state index in [9.17, 15) is 4.79 Å². The molecule has 0 saturated carbocycles. The lowest BCUT2D eigenvalue weighted by Crippen LogP contribution is -2.25. The number of nitrogens with one attached hydrogen (secondary N) is 1. The number of benzene rings is 3. The normalized spacial score (nSPS) is 11.1. The molecule has 180 valence electrons. The molecule has 0 radical (unpaired) electrons. The lowest BCUT2D eigenvalue weighted by molar-refractivity contribution is 0.0922. The van der Waals surface area contributed by atoms with Crippen LogP contribution in [0.5, 0.6) is 0 Å². The number of furan rings is 1. The highest BCUT2D eigenvalue weighted by Gasteiger charge is 2.15. The molecule has 4 nitrogen and oxygen atoms in total. The van der Waals surface area contributed by atoms with Crippen molar-refractivity contribution in [2.75, 3.05) is 6.54 Å². The predicted molar refractivity (Wildman–Crippen MR) is 142 cm³/mol. The van der Waals surface area contributed by atoms with Crippen LogP contribution in [0, 0.1) is 0 Å². The summed E-state index contributed by atoms with van der Waals surface area (Å²) in [6.45, 7) is 2.46. The molecule has 0 saturated heterocycles. The van der Waals surface area contributed by atoms with Crippen LogP contribution in [0.3, 0.4) is 0 Å². The fourth-order valence-electron chi connectivity index (χ4n) is 3.78. The fraction of sp³-hybridized carbons (Fsp3) is 0.179. The molecule has 0 aliphatic rings. The van der Waals surface area contributed by atoms with Crippen LogP contribution in [0.25, 0.3) is 0 Å². The molecule has 1 heterocycles. The Kier molecular flexibility index (Phi) is 8.89. The third-order valence-corrected chi connectivity index (χ3v) is 6.37. The van der Waals surface area contributed by atoms with E-state index in [4.69, 9.17) is 39.2 Å². The summed E-state index contributed by atoms with van der Waals surface area (Å²) in [4.78, 5) is 14.9. The second-order valence-electron chi connectivity index (χ2n) is 8.26. The van der Waals surface area contributed by atoms with E-state index in [0.717, 1.165) is 30.0 Å². The topological polar surface area (TPSA) is 45.5 Å². The Balaban J connectivity index is 1.37. The maximum Gasteiger partial charge on any atom is 0.287 e. The van der Waals surface area contributed by atoms with Crippen molar-refractivity contribution in [3.63, 3.8) is 0 Å². The number of amides is 1. The standard InChI is InChI=1S/C28H25Cl3N2O2/c29-23-9-6-21(7-10-23)18-33(17-20-4-2-1-3-5-20)19-25-12-13-27(35-25)28(34)32-15-14-22-8-11-24(30)16-26(22)31/h1-13,16H,14-15,17-19H2,(H,32,34). The van der Waals surface area contributed by atoms with Crippen LogP contribution < -0.4 is 5.32 Å². The number of carbonyl (C=O) groups is 1. The molecule has 0 spiro atoms. The largest absolute Gasteiger partial charge is 0.455 e. The van der Waals surface area contributed by atoms with E-state index < -0.39 is 0 Å². The third-order valence-electron chi connectivity index (χ3n) is 5.53. The summed E-state index contributed by atoms with van der Waals surface area (Å²) < 4.78 is 5.89. The number of halogens is 3. The minimum atomic E-state index is -0.256. The van der Waals surface area contributed by atoms with E-state index in [1.807, 2.05) is 54.6 Å². The van der Waals surface area contributed by atoms with Gasteiger partial charge in [-0.15, -0.1) is 0 Å². The van der Waals surface area contributed by atoms with Gasteiger partial charge in [-0.2, -0.15) is 0 Å². The number of hydrogen-bond donors (Lipinski definition) is 1. The minimum absolute atomic E-state index is 0.256. The highest BCUT2D eigenvalue weighted by atomic mass is 35.5. The van der Waals surface area contributed by atoms with Gasteiger partial charge in [0, 0.05) is 34.7 Å². The Morgan fingerprint density at radius 3 is 2.17 bits per heavy atom. The lowest BCUT2D eigenvalue weighted by Gasteiger charge is -2.21. The average Bonchev–Trinajstić information content (AvgIpc) is 3.31. The van der Waals surface area contributed by atoms with Gasteiger partial charge in [0.15, 0.2) is 5.76 Å². The molecule has 0 unspecified atom stereocenters. The fourth-order valence-corrected chi connectivity index (χ4v) is 4.41. The molecule has 1 N–H and O–H groups in total. The van der Waals surface area contributed by atoms with Crippen molar-refractivity contribution < 1.29 is 9.21 Å². The van der Waals surface area contributed by atoms with Crippen molar-refractivity contribution in [2.24, 2.45) is 0 Å². The van der Waals surface area contributed by atoms with Gasteiger partial charge in [0.05, 0.1) is 6.54 Å². The summed E-state index contributed by atoms with van der Waals surface area (Å²) in [6, 6.07) is 27.0. The molecule has 0 fully saturated rings. The van der Waals surface area contributed by atoms with E-state index in [-0.39, 0.29) is 11.7 Å². The molecule has 4 rings (SSSR count). The minimum Gasteiger partial charge on any atom is -0.455 e. The van der Waals surface area contributed by atoms with Crippen LogP contribution in [0.2, 0.25) is 15.1 Å². The molecule has 1 amide bonds. The molecule has 0 aliphatic carbocycles. The first-order valence-corrected chi connectivity index (χ1v) is 12.4. The van der Waals surface area contributed by atoms with Crippen molar-refractivity contribution in [3.8, 4) is 0 Å². The molecule has 3 aromatic carbocycles. The van der Waals surface area contributed by atoms with Gasteiger partial charge in [-0.1, -0.05) is 83.3 Å². The Hall–Kier alpha value is -2.76. The predicted octanol–water partition coefficient (Wildman–Crippen LogP) is 7.41. The quantitative estimate of drug-likeness (QED) is 0.233. The Bertz CT molecular complexity index is 1260. The summed E-state index contributed by atoms with van der Waals surface area (Å²) in [7, 11) is 0. The zero-order valence-corrected chi connectivity index (χ0v) is 21.3. The number of carbonyl (C=O) groups excluding carboxylic acids is 1. The van der Waals surface area contributed by atoms with Crippen LogP contribution in [0.1, 0.15) is 33.0 Å². The van der Waals surface area contributed by atoms with Gasteiger partial charge in [0.2, 0.25) is 0 Å². The molecular weight excluding hydrogens is 503 g/mol. The monoisotopic (exact) mass is 526 g/mol. The molecule has 4 aromatic rings. The summed E-state index contributed by atoms with van der Waals surface area (Å²) in [5.74, 6) is 0.753. The molecular formula is C28H25Cl3N2O2. The Labute approximate surface area is 220 Å². The zero-order valence-electron chi connectivity index (χ0n) is 19.0. The molecule has 0 bridgehead atoms. The van der Waals surface area contributed by atoms with Gasteiger partial charge in [-0.05, 0) is 59.5 Å². The molecule has 0 atom stereocenters. The smallest absolute Gasteiger partial charge is 0.287 e. The van der Waals surface area contributed by atoms with E-state index in [2.05, 4.69) is 22.3 Å². The van der Waals surface area contributed by atoms with Crippen molar-refractivity contribution in [3.05, 3.63) is 128 Å². The molecule has 0 aliphatic heterocycles. The van der Waals surface area contributed by atoms with E-state index >= 15 is 0 Å². The lowest BCUT2D eigenvalue weighted by atomic mass is 10.1. The number of nitrogens with zero attached hydrogens (tertiary/aromatic N) is 1. The van der Waals surface area contributed by atoms with Gasteiger partial charge in [-0.25, -0.2) is 0 Å². The van der Waals surface area contributed by atoms with Gasteiger partial charge < -0.3 is 9.73 Å². The highest BCUT2D eigenvalue weighted by molar-refractivity contribution is 6.35. The van der Waals surface area contributed by atoms with Crippen molar-refractivity contribution in [2.45, 2.75) is 26.1 Å². The van der Waals surface area contributed by atoms with Crippen LogP contribution in [-0.4, -0.2) is 17.4 Å². The first-order valence-electron chi connectivity index (χ1n) is 11.3. The summed E-state index contributed by atoms with van der Waals surface area (Å²) in [6.07, 6.45) is 0.598. The van der Waals surface area contributed by atoms with Gasteiger partial charge in [0.1, 0.15) is 5.76 Å². The van der Waals surface area contributed by atoms with Crippen LogP contribution >= 0.6 is 34.8 Å². The van der Waals surface area contributed by atoms with Crippen LogP contribution in [-0.2, 0) is 26.1 Å². The van der Waals surface area contributed by atoms with Crippen LogP contribution in [0.15, 0.2) is 89.3 Å². The maximum atomic E-state index is 12.6. The zero-order chi connectivity index (χ0) is 24.6. The SMILES string of the molecule is O=C(NCCc1ccc(Cl)cc1Cl)c1ccc(CN(Cc2ccccc2)Cc2ccc(Cl)cc2)o1. The average molecular weight is 528 g/mol. The summed E-state index contributed by atoms with van der Waals surface area (Å²) >= 11 is 18.2. The number of rotatable bonds is 10. The van der Waals surface area contributed by atoms with E-state index in [1.165, 1.54) is 5.56 Å². The van der Waals surface area contributed by atoms with Crippen molar-refractivity contribution in [1.82, 2.24) is 10.2 Å². The van der Waals surface area contributed by atoms with Crippen molar-refractivity contribution >= 4 is 40.7 Å². The maximum absolute atomic E-state index is 12.6. The molecule has 7 heteroatoms. The van der Waals surface area contributed by atoms with Gasteiger partial charge in [-0.3, -0.25) is 9.69 Å². The highest BCUT2D eigenvalue weighted by Crippen LogP contribution is 2.21. The third kappa shape index (κ3) is 7.61. The first kappa shape index (κ1) is 25.3. The second-order valence-corrected chi connectivity index (χ2v) is 9.54. The first-order chi connectivity index (χ1) is 17.0. The molecule has 1 aromatic heterocycles. The van der Waals surface area contributed by atoms with Crippen LogP contribution in [0.4, 0.5) is 0 Å². The summed E-state index contributed by atoms with van der Waals surface area (Å²) in [5.41, 5.74) is 3.28. The van der Waals surface area contributed by atoms with E-state index in [1.54, 1.807) is 18.2 Å². The number of hydrogen-bond acceptors (Lipinski definition) is 3. The van der Waals surface area contributed by atoms with Gasteiger partial charge >= 0.3 is 0 Å². The second kappa shape index (κ2) is 12.3. The van der Waals surface area contributed by atoms with Gasteiger partial charge in [0.25, 0.3) is 5.91 Å². The Morgan fingerprint density at radius 2 is 1.46 bits per heavy atom. The summed E-state index contributed by atoms with van der Waals surface area (Å²) in [5, 5.41) is 4.78. The van der Waals surface area contributed by atoms with E-state index in [0.29, 0.717) is 34.6 Å².